The Kier molecular flexibility index (Phi) is 5.51. The summed E-state index contributed by atoms with van der Waals surface area (Å²) in [7, 11) is 0. The molecule has 7 heteroatoms. The molecule has 1 aromatic heterocycles. The van der Waals surface area contributed by atoms with Crippen LogP contribution in [0.4, 0.5) is 16.0 Å². The average Bonchev–Trinajstić information content (AvgIpc) is 2.68. The van der Waals surface area contributed by atoms with Crippen LogP contribution in [0.2, 0.25) is 0 Å². The monoisotopic (exact) mass is 364 g/mol. The molecule has 0 bridgehead atoms. The summed E-state index contributed by atoms with van der Waals surface area (Å²) in [6, 6.07) is 14.2. The minimum atomic E-state index is -0.414. The molecule has 0 unspecified atom stereocenters. The van der Waals surface area contributed by atoms with E-state index in [1.54, 1.807) is 36.4 Å². The Morgan fingerprint density at radius 2 is 1.85 bits per heavy atom. The molecule has 0 radical (unpaired) electrons. The Bertz CT molecular complexity index is 974. The number of ketones is 1. The number of rotatable bonds is 6. The molecular formula is C20H17FN4O2. The first-order valence-corrected chi connectivity index (χ1v) is 8.25. The highest BCUT2D eigenvalue weighted by Crippen LogP contribution is 2.13. The largest absolute Gasteiger partial charge is 0.350 e. The van der Waals surface area contributed by atoms with Crippen LogP contribution in [0.25, 0.3) is 0 Å². The number of carbonyl (C=O) groups excluding carboxylic acids is 2. The highest BCUT2D eigenvalue weighted by Gasteiger charge is 2.10. The first-order valence-electron chi connectivity index (χ1n) is 8.25. The van der Waals surface area contributed by atoms with Crippen molar-refractivity contribution >= 4 is 23.3 Å². The van der Waals surface area contributed by atoms with Crippen molar-refractivity contribution in [1.82, 2.24) is 9.97 Å². The summed E-state index contributed by atoms with van der Waals surface area (Å²) in [6.45, 7) is 1.86. The van der Waals surface area contributed by atoms with Gasteiger partial charge in [0.1, 0.15) is 11.5 Å². The Hall–Kier alpha value is -3.61. The third-order valence-corrected chi connectivity index (χ3v) is 3.78. The van der Waals surface area contributed by atoms with Gasteiger partial charge in [-0.3, -0.25) is 9.59 Å². The molecule has 27 heavy (non-hydrogen) atoms. The SMILES string of the molecule is CC(=O)c1cccc(NC(=O)c2ccnc(NCc3ccc(F)cc3)n2)c1. The molecule has 2 N–H and O–H groups in total. The second-order valence-electron chi connectivity index (χ2n) is 5.84. The maximum atomic E-state index is 12.9. The van der Waals surface area contributed by atoms with Crippen molar-refractivity contribution in [3.8, 4) is 0 Å². The fourth-order valence-corrected chi connectivity index (χ4v) is 2.36. The fraction of sp³-hybridized carbons (Fsp3) is 0.100. The zero-order valence-electron chi connectivity index (χ0n) is 14.6. The summed E-state index contributed by atoms with van der Waals surface area (Å²) in [5.41, 5.74) is 2.06. The molecule has 3 rings (SSSR count). The van der Waals surface area contributed by atoms with Gasteiger partial charge in [-0.05, 0) is 42.8 Å². The van der Waals surface area contributed by atoms with E-state index in [4.69, 9.17) is 0 Å². The number of halogens is 1. The predicted octanol–water partition coefficient (Wildman–Crippen LogP) is 3.68. The number of aromatic nitrogens is 2. The number of amides is 1. The number of anilines is 2. The third-order valence-electron chi connectivity index (χ3n) is 3.78. The fourth-order valence-electron chi connectivity index (χ4n) is 2.36. The van der Waals surface area contributed by atoms with Crippen molar-refractivity contribution < 1.29 is 14.0 Å². The van der Waals surface area contributed by atoms with Gasteiger partial charge in [0.25, 0.3) is 5.91 Å². The van der Waals surface area contributed by atoms with Gasteiger partial charge in [0.15, 0.2) is 5.78 Å². The molecule has 1 heterocycles. The van der Waals surface area contributed by atoms with Crippen molar-refractivity contribution in [2.45, 2.75) is 13.5 Å². The van der Waals surface area contributed by atoms with Crippen LogP contribution in [0.1, 0.15) is 33.3 Å². The number of nitrogens with zero attached hydrogens (tertiary/aromatic N) is 2. The highest BCUT2D eigenvalue weighted by atomic mass is 19.1. The zero-order chi connectivity index (χ0) is 19.2. The summed E-state index contributed by atoms with van der Waals surface area (Å²) in [6.07, 6.45) is 1.47. The second kappa shape index (κ2) is 8.18. The molecule has 1 amide bonds. The van der Waals surface area contributed by atoms with Crippen LogP contribution in [0, 0.1) is 5.82 Å². The van der Waals surface area contributed by atoms with Gasteiger partial charge in [0.05, 0.1) is 0 Å². The van der Waals surface area contributed by atoms with E-state index >= 15 is 0 Å². The van der Waals surface area contributed by atoms with E-state index in [1.807, 2.05) is 0 Å². The maximum absolute atomic E-state index is 12.9. The minimum Gasteiger partial charge on any atom is -0.350 e. The maximum Gasteiger partial charge on any atom is 0.274 e. The van der Waals surface area contributed by atoms with Gasteiger partial charge >= 0.3 is 0 Å². The Morgan fingerprint density at radius 1 is 1.07 bits per heavy atom. The van der Waals surface area contributed by atoms with Crippen molar-refractivity contribution in [2.24, 2.45) is 0 Å². The quantitative estimate of drug-likeness (QED) is 0.652. The lowest BCUT2D eigenvalue weighted by atomic mass is 10.1. The summed E-state index contributed by atoms with van der Waals surface area (Å²) >= 11 is 0. The van der Waals surface area contributed by atoms with Gasteiger partial charge in [-0.25, -0.2) is 14.4 Å². The molecule has 6 nitrogen and oxygen atoms in total. The first kappa shape index (κ1) is 18.2. The van der Waals surface area contributed by atoms with Crippen LogP contribution in [-0.4, -0.2) is 21.7 Å². The molecule has 0 atom stereocenters. The molecule has 0 saturated heterocycles. The second-order valence-corrected chi connectivity index (χ2v) is 5.84. The van der Waals surface area contributed by atoms with Crippen molar-refractivity contribution in [1.29, 1.82) is 0 Å². The molecule has 0 aliphatic heterocycles. The van der Waals surface area contributed by atoms with Gasteiger partial charge in [0.2, 0.25) is 5.95 Å². The number of hydrogen-bond donors (Lipinski definition) is 2. The summed E-state index contributed by atoms with van der Waals surface area (Å²) in [5.74, 6) is -0.518. The lowest BCUT2D eigenvalue weighted by Gasteiger charge is -2.08. The Morgan fingerprint density at radius 3 is 2.59 bits per heavy atom. The zero-order valence-corrected chi connectivity index (χ0v) is 14.6. The number of benzene rings is 2. The lowest BCUT2D eigenvalue weighted by molar-refractivity contribution is 0.100. The van der Waals surface area contributed by atoms with E-state index in [0.717, 1.165) is 5.56 Å². The van der Waals surface area contributed by atoms with Crippen LogP contribution in [0.5, 0.6) is 0 Å². The summed E-state index contributed by atoms with van der Waals surface area (Å²) in [5, 5.41) is 5.70. The van der Waals surface area contributed by atoms with Crippen LogP contribution in [0.15, 0.2) is 60.8 Å². The van der Waals surface area contributed by atoms with E-state index in [2.05, 4.69) is 20.6 Å². The van der Waals surface area contributed by atoms with Gasteiger partial charge in [-0.15, -0.1) is 0 Å². The molecule has 0 saturated carbocycles. The van der Waals surface area contributed by atoms with E-state index in [0.29, 0.717) is 17.8 Å². The average molecular weight is 364 g/mol. The van der Waals surface area contributed by atoms with Gasteiger partial charge in [-0.2, -0.15) is 0 Å². The Labute approximate surface area is 155 Å². The van der Waals surface area contributed by atoms with Crippen molar-refractivity contribution in [3.63, 3.8) is 0 Å². The van der Waals surface area contributed by atoms with E-state index < -0.39 is 5.91 Å². The highest BCUT2D eigenvalue weighted by molar-refractivity contribution is 6.04. The van der Waals surface area contributed by atoms with Crippen LogP contribution < -0.4 is 10.6 Å². The number of nitrogens with one attached hydrogen (secondary N) is 2. The third kappa shape index (κ3) is 4.94. The summed E-state index contributed by atoms with van der Waals surface area (Å²) < 4.78 is 12.9. The van der Waals surface area contributed by atoms with Crippen LogP contribution >= 0.6 is 0 Å². The van der Waals surface area contributed by atoms with Crippen LogP contribution in [0.3, 0.4) is 0 Å². The number of carbonyl (C=O) groups is 2. The Balaban J connectivity index is 1.67. The normalized spacial score (nSPS) is 10.3. The van der Waals surface area contributed by atoms with Gasteiger partial charge in [0, 0.05) is 24.0 Å². The molecule has 0 fully saturated rings. The lowest BCUT2D eigenvalue weighted by Crippen LogP contribution is -2.15. The molecular weight excluding hydrogens is 347 g/mol. The number of Topliss-reactive ketones (excluding diaryl/α,β-unsaturated/α-hetero) is 1. The first-order chi connectivity index (χ1) is 13.0. The topological polar surface area (TPSA) is 84.0 Å². The standard InChI is InChI=1S/C20H17FN4O2/c1-13(26)15-3-2-4-17(11-15)24-19(27)18-9-10-22-20(25-18)23-12-14-5-7-16(21)8-6-14/h2-11H,12H2,1H3,(H,24,27)(H,22,23,25). The smallest absolute Gasteiger partial charge is 0.274 e. The predicted molar refractivity (Wildman–Crippen MR) is 100 cm³/mol. The number of hydrogen-bond acceptors (Lipinski definition) is 5. The van der Waals surface area contributed by atoms with Gasteiger partial charge < -0.3 is 10.6 Å². The summed E-state index contributed by atoms with van der Waals surface area (Å²) in [4.78, 5) is 32.1. The molecule has 3 aromatic rings. The molecule has 0 aliphatic carbocycles. The molecule has 0 aliphatic rings. The van der Waals surface area contributed by atoms with Crippen molar-refractivity contribution in [2.75, 3.05) is 10.6 Å². The van der Waals surface area contributed by atoms with E-state index in [9.17, 15) is 14.0 Å². The molecule has 0 spiro atoms. The van der Waals surface area contributed by atoms with E-state index in [1.165, 1.54) is 31.3 Å². The molecule has 136 valence electrons. The van der Waals surface area contributed by atoms with Crippen molar-refractivity contribution in [3.05, 3.63) is 83.4 Å². The van der Waals surface area contributed by atoms with Gasteiger partial charge in [-0.1, -0.05) is 24.3 Å². The minimum absolute atomic E-state index is 0.0829. The van der Waals surface area contributed by atoms with Crippen LogP contribution in [-0.2, 0) is 6.54 Å². The molecule has 2 aromatic carbocycles. The van der Waals surface area contributed by atoms with E-state index in [-0.39, 0.29) is 23.2 Å².